The molecule has 0 aromatic rings. The van der Waals surface area contributed by atoms with Crippen molar-refractivity contribution in [3.63, 3.8) is 0 Å². The lowest BCUT2D eigenvalue weighted by Crippen LogP contribution is -2.42. The van der Waals surface area contributed by atoms with Gasteiger partial charge in [0, 0.05) is 20.3 Å². The molecule has 15 heavy (non-hydrogen) atoms. The molecule has 3 unspecified atom stereocenters. The Bertz CT molecular complexity index is 188. The summed E-state index contributed by atoms with van der Waals surface area (Å²) < 4.78 is 22.0. The zero-order valence-electron chi connectivity index (χ0n) is 10.3. The van der Waals surface area contributed by atoms with E-state index in [0.717, 1.165) is 12.1 Å². The van der Waals surface area contributed by atoms with Crippen molar-refractivity contribution in [2.24, 2.45) is 0 Å². The highest BCUT2D eigenvalue weighted by atomic mass is 28.4. The molecule has 4 nitrogen and oxygen atoms in total. The van der Waals surface area contributed by atoms with Crippen molar-refractivity contribution in [2.75, 3.05) is 14.2 Å². The van der Waals surface area contributed by atoms with E-state index in [1.165, 1.54) is 0 Å². The average Bonchev–Trinajstić information content (AvgIpc) is 2.91. The van der Waals surface area contributed by atoms with Crippen LogP contribution in [0.5, 0.6) is 0 Å². The van der Waals surface area contributed by atoms with Crippen molar-refractivity contribution in [1.29, 1.82) is 0 Å². The molecular formula is C10H22O4Si. The van der Waals surface area contributed by atoms with Gasteiger partial charge in [-0.2, -0.15) is 0 Å². The third-order valence-electron chi connectivity index (χ3n) is 2.90. The summed E-state index contributed by atoms with van der Waals surface area (Å²) in [4.78, 5) is 0. The molecule has 1 rings (SSSR count). The van der Waals surface area contributed by atoms with Crippen LogP contribution in [0, 0.1) is 0 Å². The van der Waals surface area contributed by atoms with Crippen LogP contribution in [0.3, 0.4) is 0 Å². The van der Waals surface area contributed by atoms with Gasteiger partial charge in [0.05, 0.1) is 6.10 Å². The van der Waals surface area contributed by atoms with Gasteiger partial charge in [-0.3, -0.25) is 0 Å². The van der Waals surface area contributed by atoms with Crippen LogP contribution >= 0.6 is 0 Å². The molecule has 1 aliphatic heterocycles. The van der Waals surface area contributed by atoms with Crippen LogP contribution in [0.25, 0.3) is 0 Å². The summed E-state index contributed by atoms with van der Waals surface area (Å²) in [6, 6.07) is 1.79. The number of hydrogen-bond acceptors (Lipinski definition) is 4. The Kier molecular flexibility index (Phi) is 4.73. The van der Waals surface area contributed by atoms with Crippen LogP contribution in [0.4, 0.5) is 0 Å². The van der Waals surface area contributed by atoms with Crippen molar-refractivity contribution in [3.05, 3.63) is 0 Å². The molecule has 0 saturated carbocycles. The first-order chi connectivity index (χ1) is 7.06. The van der Waals surface area contributed by atoms with Gasteiger partial charge in [-0.1, -0.05) is 6.92 Å². The van der Waals surface area contributed by atoms with Gasteiger partial charge in [-0.25, -0.2) is 0 Å². The molecule has 1 fully saturated rings. The molecule has 5 heteroatoms. The second-order valence-corrected chi connectivity index (χ2v) is 7.79. The second-order valence-electron chi connectivity index (χ2n) is 4.03. The van der Waals surface area contributed by atoms with E-state index in [-0.39, 0.29) is 18.5 Å². The highest BCUT2D eigenvalue weighted by molar-refractivity contribution is 6.67. The molecule has 1 heterocycles. The summed E-state index contributed by atoms with van der Waals surface area (Å²) in [5, 5.41) is 0. The fraction of sp³-hybridized carbons (Fsp3) is 1.00. The predicted molar refractivity (Wildman–Crippen MR) is 59.9 cm³/mol. The van der Waals surface area contributed by atoms with Gasteiger partial charge < -0.3 is 18.3 Å². The van der Waals surface area contributed by atoms with Crippen LogP contribution in [0.15, 0.2) is 0 Å². The van der Waals surface area contributed by atoms with Crippen LogP contribution in [-0.2, 0) is 18.3 Å². The number of rotatable bonds is 7. The van der Waals surface area contributed by atoms with E-state index in [2.05, 4.69) is 6.92 Å². The molecule has 0 spiro atoms. The fourth-order valence-electron chi connectivity index (χ4n) is 1.71. The molecule has 1 saturated heterocycles. The maximum atomic E-state index is 5.69. The Hall–Kier alpha value is 0.0569. The van der Waals surface area contributed by atoms with Gasteiger partial charge in [-0.15, -0.1) is 0 Å². The quantitative estimate of drug-likeness (QED) is 0.498. The lowest BCUT2D eigenvalue weighted by Gasteiger charge is -2.28. The summed E-state index contributed by atoms with van der Waals surface area (Å²) in [6.45, 7) is 6.15. The topological polar surface area (TPSA) is 40.2 Å². The molecule has 0 aromatic heterocycles. The van der Waals surface area contributed by atoms with E-state index in [1.807, 2.05) is 13.8 Å². The van der Waals surface area contributed by atoms with E-state index < -0.39 is 8.56 Å². The maximum Gasteiger partial charge on any atom is 0.339 e. The standard InChI is InChI=1S/C10H22O4Si/c1-6-15(11-4,12-5)7-8(2)13-10-9(3)14-10/h8-10H,6-7H2,1-5H3. The molecular weight excluding hydrogens is 212 g/mol. The summed E-state index contributed by atoms with van der Waals surface area (Å²) in [7, 11) is 1.43. The van der Waals surface area contributed by atoms with Crippen LogP contribution in [0.2, 0.25) is 12.1 Å². The highest BCUT2D eigenvalue weighted by Crippen LogP contribution is 2.27. The molecule has 0 amide bonds. The monoisotopic (exact) mass is 234 g/mol. The molecule has 3 atom stereocenters. The zero-order valence-corrected chi connectivity index (χ0v) is 11.3. The second kappa shape index (κ2) is 5.40. The van der Waals surface area contributed by atoms with Gasteiger partial charge >= 0.3 is 8.56 Å². The Balaban J connectivity index is 2.36. The third-order valence-corrected chi connectivity index (χ3v) is 6.67. The minimum absolute atomic E-state index is 0.0164. The molecule has 0 radical (unpaired) electrons. The Morgan fingerprint density at radius 2 is 1.87 bits per heavy atom. The normalized spacial score (nSPS) is 27.8. The van der Waals surface area contributed by atoms with Crippen molar-refractivity contribution >= 4 is 8.56 Å². The van der Waals surface area contributed by atoms with Crippen molar-refractivity contribution in [1.82, 2.24) is 0 Å². The van der Waals surface area contributed by atoms with Crippen molar-refractivity contribution in [2.45, 2.75) is 51.4 Å². The van der Waals surface area contributed by atoms with Gasteiger partial charge in [0.1, 0.15) is 6.10 Å². The first-order valence-corrected chi connectivity index (χ1v) is 7.71. The van der Waals surface area contributed by atoms with E-state index >= 15 is 0 Å². The average molecular weight is 234 g/mol. The molecule has 90 valence electrons. The van der Waals surface area contributed by atoms with Crippen molar-refractivity contribution in [3.8, 4) is 0 Å². The van der Waals surface area contributed by atoms with Crippen LogP contribution < -0.4 is 0 Å². The number of ether oxygens (including phenoxy) is 2. The Labute approximate surface area is 93.1 Å². The van der Waals surface area contributed by atoms with E-state index in [0.29, 0.717) is 0 Å². The van der Waals surface area contributed by atoms with Gasteiger partial charge in [0.25, 0.3) is 0 Å². The SMILES string of the molecule is CC[Si](CC(C)OC1OC1C)(OC)OC. The lowest BCUT2D eigenvalue weighted by atomic mass is 10.4. The number of epoxide rings is 1. The minimum Gasteiger partial charge on any atom is -0.398 e. The third kappa shape index (κ3) is 3.53. The number of hydrogen-bond donors (Lipinski definition) is 0. The van der Waals surface area contributed by atoms with Gasteiger partial charge in [-0.05, 0) is 19.9 Å². The van der Waals surface area contributed by atoms with Gasteiger partial charge in [0.15, 0.2) is 6.29 Å². The van der Waals surface area contributed by atoms with E-state index in [4.69, 9.17) is 18.3 Å². The first-order valence-electron chi connectivity index (χ1n) is 5.48. The molecule has 0 N–H and O–H groups in total. The van der Waals surface area contributed by atoms with E-state index in [9.17, 15) is 0 Å². The summed E-state index contributed by atoms with van der Waals surface area (Å²) in [5.74, 6) is 0. The van der Waals surface area contributed by atoms with Crippen LogP contribution in [0.1, 0.15) is 20.8 Å². The molecule has 1 aliphatic rings. The highest BCUT2D eigenvalue weighted by Gasteiger charge is 2.40. The molecule has 0 aliphatic carbocycles. The largest absolute Gasteiger partial charge is 0.398 e. The first kappa shape index (κ1) is 13.1. The lowest BCUT2D eigenvalue weighted by molar-refractivity contribution is 0.00305. The minimum atomic E-state index is -2.02. The zero-order chi connectivity index (χ0) is 11.5. The molecule has 0 bridgehead atoms. The maximum absolute atomic E-state index is 5.69. The van der Waals surface area contributed by atoms with Crippen molar-refractivity contribution < 1.29 is 18.3 Å². The molecule has 0 aromatic carbocycles. The Morgan fingerprint density at radius 3 is 2.20 bits per heavy atom. The van der Waals surface area contributed by atoms with Gasteiger partial charge in [0.2, 0.25) is 0 Å². The smallest absolute Gasteiger partial charge is 0.339 e. The summed E-state index contributed by atoms with van der Waals surface area (Å²) in [6.07, 6.45) is 0.360. The Morgan fingerprint density at radius 1 is 1.33 bits per heavy atom. The predicted octanol–water partition coefficient (Wildman–Crippen LogP) is 1.89. The summed E-state index contributed by atoms with van der Waals surface area (Å²) >= 11 is 0. The fourth-order valence-corrected chi connectivity index (χ4v) is 4.05. The van der Waals surface area contributed by atoms with Crippen LogP contribution in [-0.4, -0.2) is 41.3 Å². The summed E-state index contributed by atoms with van der Waals surface area (Å²) in [5.41, 5.74) is 0. The van der Waals surface area contributed by atoms with E-state index in [1.54, 1.807) is 14.2 Å².